The topological polar surface area (TPSA) is 55.9 Å². The number of nitrogens with zero attached hydrogens (tertiary/aromatic N) is 2. The van der Waals surface area contributed by atoms with E-state index in [1.165, 1.54) is 0 Å². The smallest absolute Gasteiger partial charge is 0.123 e. The number of rotatable bonds is 5. The van der Waals surface area contributed by atoms with Crippen molar-refractivity contribution >= 4 is 5.82 Å². The van der Waals surface area contributed by atoms with E-state index in [4.69, 9.17) is 5.73 Å². The van der Waals surface area contributed by atoms with Crippen molar-refractivity contribution < 1.29 is 0 Å². The van der Waals surface area contributed by atoms with Gasteiger partial charge in [-0.15, -0.1) is 0 Å². The molecule has 1 aromatic rings. The summed E-state index contributed by atoms with van der Waals surface area (Å²) in [5.41, 5.74) is 5.69. The Labute approximate surface area is 85.5 Å². The molecule has 0 spiro atoms. The molecule has 0 aliphatic carbocycles. The van der Waals surface area contributed by atoms with Crippen molar-refractivity contribution in [2.45, 2.75) is 13.8 Å². The van der Waals surface area contributed by atoms with Gasteiger partial charge in [0.05, 0.1) is 6.20 Å². The van der Waals surface area contributed by atoms with Gasteiger partial charge in [0, 0.05) is 19.7 Å². The minimum absolute atomic E-state index is 0.518. The van der Waals surface area contributed by atoms with Crippen molar-refractivity contribution in [3.8, 4) is 0 Å². The largest absolute Gasteiger partial charge is 0.370 e. The first-order valence-corrected chi connectivity index (χ1v) is 5.07. The third kappa shape index (κ3) is 2.73. The lowest BCUT2D eigenvalue weighted by Crippen LogP contribution is -2.27. The first-order chi connectivity index (χ1) is 6.65. The minimum Gasteiger partial charge on any atom is -0.370 e. The predicted octanol–water partition coefficient (Wildman–Crippen LogP) is 1.06. The second kappa shape index (κ2) is 5.00. The molecule has 0 saturated carbocycles. The molecule has 0 bridgehead atoms. The summed E-state index contributed by atoms with van der Waals surface area (Å²) in [6.07, 6.45) is 1.79. The van der Waals surface area contributed by atoms with Crippen LogP contribution in [0.3, 0.4) is 0 Å². The normalized spacial score (nSPS) is 13.2. The molecule has 0 fully saturated rings. The van der Waals surface area contributed by atoms with E-state index in [-0.39, 0.29) is 0 Å². The average molecular weight is 196 g/mol. The zero-order valence-corrected chi connectivity index (χ0v) is 9.20. The van der Waals surface area contributed by atoms with Crippen LogP contribution in [0, 0.1) is 11.8 Å². The summed E-state index contributed by atoms with van der Waals surface area (Å²) in [7, 11) is 1.93. The maximum atomic E-state index is 5.69. The maximum Gasteiger partial charge on any atom is 0.123 e. The number of hydrogen-bond donors (Lipinski definition) is 2. The zero-order chi connectivity index (χ0) is 10.6. The van der Waals surface area contributed by atoms with Crippen molar-refractivity contribution in [3.63, 3.8) is 0 Å². The molecule has 80 valence electrons. The number of nitrogens with two attached hydrogens (primary N) is 1. The molecule has 0 aliphatic rings. The fourth-order valence-corrected chi connectivity index (χ4v) is 1.37. The van der Waals surface area contributed by atoms with Crippen molar-refractivity contribution in [1.29, 1.82) is 0 Å². The first kappa shape index (κ1) is 11.0. The highest BCUT2D eigenvalue weighted by molar-refractivity contribution is 5.33. The standard InChI is InChI=1S/C10H20N4/c1-8(2)9(6-11)7-12-10-4-5-13-14(10)3/h4-5,8-9,12H,6-7,11H2,1-3H3. The first-order valence-electron chi connectivity index (χ1n) is 5.07. The van der Waals surface area contributed by atoms with Crippen molar-refractivity contribution in [2.75, 3.05) is 18.4 Å². The van der Waals surface area contributed by atoms with Crippen LogP contribution in [0.5, 0.6) is 0 Å². The third-order valence-corrected chi connectivity index (χ3v) is 2.61. The van der Waals surface area contributed by atoms with E-state index in [1.54, 1.807) is 6.20 Å². The molecule has 1 atom stereocenters. The van der Waals surface area contributed by atoms with E-state index >= 15 is 0 Å². The van der Waals surface area contributed by atoms with Gasteiger partial charge in [0.15, 0.2) is 0 Å². The van der Waals surface area contributed by atoms with Crippen LogP contribution in [0.15, 0.2) is 12.3 Å². The Morgan fingerprint density at radius 3 is 2.71 bits per heavy atom. The molecule has 1 rings (SSSR count). The lowest BCUT2D eigenvalue weighted by molar-refractivity contribution is 0.412. The molecule has 1 aromatic heterocycles. The van der Waals surface area contributed by atoms with E-state index < -0.39 is 0 Å². The van der Waals surface area contributed by atoms with Crippen LogP contribution in [0.4, 0.5) is 5.82 Å². The van der Waals surface area contributed by atoms with Gasteiger partial charge in [0.25, 0.3) is 0 Å². The fraction of sp³-hybridized carbons (Fsp3) is 0.700. The summed E-state index contributed by atoms with van der Waals surface area (Å²) in [5, 5.41) is 7.43. The molecular formula is C10H20N4. The summed E-state index contributed by atoms with van der Waals surface area (Å²) in [6.45, 7) is 6.03. The van der Waals surface area contributed by atoms with Gasteiger partial charge in [0.1, 0.15) is 5.82 Å². The lowest BCUT2D eigenvalue weighted by atomic mass is 9.96. The molecule has 0 aliphatic heterocycles. The average Bonchev–Trinajstić information content (AvgIpc) is 2.52. The highest BCUT2D eigenvalue weighted by atomic mass is 15.3. The molecule has 0 radical (unpaired) electrons. The number of aryl methyl sites for hydroxylation is 1. The Kier molecular flexibility index (Phi) is 3.95. The van der Waals surface area contributed by atoms with Crippen LogP contribution in [-0.4, -0.2) is 22.9 Å². The molecule has 3 N–H and O–H groups in total. The molecule has 1 unspecified atom stereocenters. The molecule has 1 heterocycles. The van der Waals surface area contributed by atoms with E-state index in [0.717, 1.165) is 18.9 Å². The fourth-order valence-electron chi connectivity index (χ4n) is 1.37. The van der Waals surface area contributed by atoms with E-state index in [2.05, 4.69) is 24.3 Å². The Hall–Kier alpha value is -1.03. The number of hydrogen-bond acceptors (Lipinski definition) is 3. The quantitative estimate of drug-likeness (QED) is 0.740. The summed E-state index contributed by atoms with van der Waals surface area (Å²) < 4.78 is 1.83. The summed E-state index contributed by atoms with van der Waals surface area (Å²) in [6, 6.07) is 1.97. The van der Waals surface area contributed by atoms with Gasteiger partial charge in [-0.05, 0) is 18.4 Å². The monoisotopic (exact) mass is 196 g/mol. The molecule has 4 heteroatoms. The van der Waals surface area contributed by atoms with E-state index in [9.17, 15) is 0 Å². The third-order valence-electron chi connectivity index (χ3n) is 2.61. The van der Waals surface area contributed by atoms with Crippen LogP contribution in [0.2, 0.25) is 0 Å². The highest BCUT2D eigenvalue weighted by Gasteiger charge is 2.11. The van der Waals surface area contributed by atoms with Crippen LogP contribution in [0.1, 0.15) is 13.8 Å². The molecular weight excluding hydrogens is 176 g/mol. The Balaban J connectivity index is 2.43. The molecule has 4 nitrogen and oxygen atoms in total. The van der Waals surface area contributed by atoms with E-state index in [0.29, 0.717) is 11.8 Å². The molecule has 0 amide bonds. The maximum absolute atomic E-state index is 5.69. The molecule has 14 heavy (non-hydrogen) atoms. The van der Waals surface area contributed by atoms with Crippen LogP contribution in [0.25, 0.3) is 0 Å². The SMILES string of the molecule is CC(C)C(CN)CNc1ccnn1C. The predicted molar refractivity (Wildman–Crippen MR) is 59.1 cm³/mol. The van der Waals surface area contributed by atoms with Crippen molar-refractivity contribution in [1.82, 2.24) is 9.78 Å². The summed E-state index contributed by atoms with van der Waals surface area (Å²) in [5.74, 6) is 2.18. The lowest BCUT2D eigenvalue weighted by Gasteiger charge is -2.19. The minimum atomic E-state index is 0.518. The van der Waals surface area contributed by atoms with Crippen LogP contribution in [-0.2, 0) is 7.05 Å². The Morgan fingerprint density at radius 1 is 1.57 bits per heavy atom. The van der Waals surface area contributed by atoms with Gasteiger partial charge in [-0.1, -0.05) is 13.8 Å². The summed E-state index contributed by atoms with van der Waals surface area (Å²) >= 11 is 0. The molecule has 0 aromatic carbocycles. The van der Waals surface area contributed by atoms with Gasteiger partial charge in [-0.3, -0.25) is 4.68 Å². The summed E-state index contributed by atoms with van der Waals surface area (Å²) in [4.78, 5) is 0. The van der Waals surface area contributed by atoms with Crippen LogP contribution < -0.4 is 11.1 Å². The van der Waals surface area contributed by atoms with Gasteiger partial charge in [-0.25, -0.2) is 0 Å². The van der Waals surface area contributed by atoms with Crippen molar-refractivity contribution in [3.05, 3.63) is 12.3 Å². The zero-order valence-electron chi connectivity index (χ0n) is 9.20. The van der Waals surface area contributed by atoms with Crippen molar-refractivity contribution in [2.24, 2.45) is 24.6 Å². The van der Waals surface area contributed by atoms with Crippen LogP contribution >= 0.6 is 0 Å². The number of nitrogens with one attached hydrogen (secondary N) is 1. The number of aromatic nitrogens is 2. The van der Waals surface area contributed by atoms with Gasteiger partial charge in [-0.2, -0.15) is 5.10 Å². The second-order valence-corrected chi connectivity index (χ2v) is 3.96. The highest BCUT2D eigenvalue weighted by Crippen LogP contribution is 2.11. The van der Waals surface area contributed by atoms with E-state index in [1.807, 2.05) is 17.8 Å². The second-order valence-electron chi connectivity index (χ2n) is 3.96. The Bertz CT molecular complexity index is 267. The van der Waals surface area contributed by atoms with Gasteiger partial charge in [0.2, 0.25) is 0 Å². The number of anilines is 1. The van der Waals surface area contributed by atoms with Gasteiger partial charge < -0.3 is 11.1 Å². The van der Waals surface area contributed by atoms with Gasteiger partial charge >= 0.3 is 0 Å². The Morgan fingerprint density at radius 2 is 2.29 bits per heavy atom. The molecule has 0 saturated heterocycles.